The van der Waals surface area contributed by atoms with Crippen molar-refractivity contribution >= 4 is 45.8 Å². The molecule has 0 unspecified atom stereocenters. The fourth-order valence-electron chi connectivity index (χ4n) is 6.29. The zero-order chi connectivity index (χ0) is 49.1. The Labute approximate surface area is 376 Å². The fourth-order valence-corrected chi connectivity index (χ4v) is 6.29. The average molecular weight is 953 g/mol. The second kappa shape index (κ2) is 19.8. The minimum atomic E-state index is -4.56. The van der Waals surface area contributed by atoms with Gasteiger partial charge in [0.05, 0.1) is 35.2 Å². The number of alkyl halides is 6. The number of nitrogen functional groups attached to an aromatic ring is 1. The molecule has 356 valence electrons. The Morgan fingerprint density at radius 3 is 1.57 bits per heavy atom. The summed E-state index contributed by atoms with van der Waals surface area (Å²) in [5.74, 6) is -1.31. The first-order valence-electron chi connectivity index (χ1n) is 19.0. The van der Waals surface area contributed by atoms with E-state index < -0.39 is 57.9 Å². The molecule has 0 fully saturated rings. The van der Waals surface area contributed by atoms with Crippen LogP contribution in [-0.4, -0.2) is 75.1 Å². The molecule has 0 spiro atoms. The number of hydrogen-bond acceptors (Lipinski definition) is 13. The maximum atomic E-state index is 13.2. The highest BCUT2D eigenvalue weighted by Crippen LogP contribution is 2.34. The van der Waals surface area contributed by atoms with Gasteiger partial charge in [-0.05, 0) is 50.2 Å². The van der Waals surface area contributed by atoms with Gasteiger partial charge in [0.1, 0.15) is 24.7 Å². The van der Waals surface area contributed by atoms with Gasteiger partial charge in [0, 0.05) is 49.0 Å². The quantitative estimate of drug-likeness (QED) is 0.141. The number of aliphatic carboxylic acids is 1. The van der Waals surface area contributed by atoms with Gasteiger partial charge < -0.3 is 25.3 Å². The van der Waals surface area contributed by atoms with E-state index in [1.165, 1.54) is 80.3 Å². The number of carbonyl (C=O) groups excluding carboxylic acids is 1. The molecule has 0 saturated heterocycles. The van der Waals surface area contributed by atoms with Crippen molar-refractivity contribution in [2.75, 3.05) is 11.1 Å². The first-order chi connectivity index (χ1) is 31.4. The van der Waals surface area contributed by atoms with Crippen LogP contribution in [0.5, 0.6) is 0 Å². The SMILES string of the molecule is C.Cc1ncc(-c2cccc(N)n2)cc1C(F)(F)F.Cc1ncc(-c2cccc(NC(=O)Cn3cnc4c3c(=O)[nH]c(=O)n4C)n2)cc1C(F)(F)F.Cn1c(=O)[nH]c(=O)c2c1ncn2CC(=O)O. The van der Waals surface area contributed by atoms with Crippen molar-refractivity contribution in [3.05, 3.63) is 138 Å². The zero-order valence-electron chi connectivity index (χ0n) is 35.1. The number of hydrogen-bond donors (Lipinski definition) is 5. The molecule has 0 bridgehead atoms. The van der Waals surface area contributed by atoms with Crippen molar-refractivity contribution in [2.45, 2.75) is 46.7 Å². The minimum absolute atomic E-state index is 0. The molecule has 68 heavy (non-hydrogen) atoms. The minimum Gasteiger partial charge on any atom is -0.480 e. The molecular weight excluding hydrogens is 915 g/mol. The number of carbonyl (C=O) groups is 2. The van der Waals surface area contributed by atoms with Gasteiger partial charge in [0.2, 0.25) is 5.91 Å². The number of H-pyrrole nitrogens is 2. The first kappa shape index (κ1) is 50.2. The Morgan fingerprint density at radius 2 is 1.13 bits per heavy atom. The lowest BCUT2D eigenvalue weighted by Crippen LogP contribution is -2.30. The molecule has 8 aromatic rings. The van der Waals surface area contributed by atoms with E-state index in [9.17, 15) is 55.1 Å². The van der Waals surface area contributed by atoms with Crippen LogP contribution in [0, 0.1) is 13.8 Å². The number of aromatic nitrogens is 12. The van der Waals surface area contributed by atoms with Crippen LogP contribution in [0.1, 0.15) is 29.9 Å². The number of imidazole rings is 2. The largest absolute Gasteiger partial charge is 0.480 e. The van der Waals surface area contributed by atoms with E-state index in [0.29, 0.717) is 11.3 Å². The second-order valence-corrected chi connectivity index (χ2v) is 14.2. The van der Waals surface area contributed by atoms with Gasteiger partial charge in [0.15, 0.2) is 22.3 Å². The van der Waals surface area contributed by atoms with Gasteiger partial charge in [0.25, 0.3) is 11.1 Å². The number of nitrogens with zero attached hydrogens (tertiary/aromatic N) is 10. The summed E-state index contributed by atoms with van der Waals surface area (Å²) in [5.41, 5.74) is 2.47. The van der Waals surface area contributed by atoms with E-state index in [1.807, 2.05) is 0 Å². The number of nitrogens with one attached hydrogen (secondary N) is 3. The van der Waals surface area contributed by atoms with Gasteiger partial charge in [-0.15, -0.1) is 0 Å². The van der Waals surface area contributed by atoms with Gasteiger partial charge in [-0.25, -0.2) is 29.5 Å². The number of amides is 1. The Bertz CT molecular complexity index is 3440. The average Bonchev–Trinajstić information content (AvgIpc) is 3.87. The predicted molar refractivity (Wildman–Crippen MR) is 233 cm³/mol. The van der Waals surface area contributed by atoms with Crippen molar-refractivity contribution in [3.8, 4) is 22.5 Å². The molecule has 0 aliphatic carbocycles. The monoisotopic (exact) mass is 952 g/mol. The summed E-state index contributed by atoms with van der Waals surface area (Å²) in [5, 5.41) is 11.2. The van der Waals surface area contributed by atoms with Crippen molar-refractivity contribution in [1.29, 1.82) is 0 Å². The molecule has 0 saturated carbocycles. The molecule has 0 aliphatic heterocycles. The number of fused-ring (bicyclic) bond motifs is 2. The van der Waals surface area contributed by atoms with Crippen LogP contribution in [0.2, 0.25) is 0 Å². The topological polar surface area (TPSA) is 289 Å². The number of nitrogens with two attached hydrogens (primary N) is 1. The third kappa shape index (κ3) is 11.2. The molecule has 27 heteroatoms. The van der Waals surface area contributed by atoms with E-state index in [-0.39, 0.29) is 77.1 Å². The summed E-state index contributed by atoms with van der Waals surface area (Å²) in [7, 11) is 2.87. The Balaban J connectivity index is 0.000000208. The van der Waals surface area contributed by atoms with Crippen molar-refractivity contribution < 1.29 is 41.0 Å². The van der Waals surface area contributed by atoms with Gasteiger partial charge in [-0.3, -0.25) is 48.2 Å². The molecule has 0 aliphatic rings. The highest BCUT2D eigenvalue weighted by atomic mass is 19.4. The smallest absolute Gasteiger partial charge is 0.418 e. The Kier molecular flexibility index (Phi) is 14.6. The number of pyridine rings is 4. The lowest BCUT2D eigenvalue weighted by atomic mass is 10.1. The Morgan fingerprint density at radius 1 is 0.691 bits per heavy atom. The summed E-state index contributed by atoms with van der Waals surface area (Å²) in [6.07, 6.45) is -3.90. The Hall–Kier alpha value is -8.78. The van der Waals surface area contributed by atoms with Crippen LogP contribution in [0.15, 0.2) is 92.8 Å². The summed E-state index contributed by atoms with van der Waals surface area (Å²) in [6, 6.07) is 11.2. The maximum Gasteiger partial charge on any atom is 0.418 e. The lowest BCUT2D eigenvalue weighted by Gasteiger charge is -2.12. The summed E-state index contributed by atoms with van der Waals surface area (Å²) in [6.45, 7) is 1.89. The number of aryl methyl sites for hydroxylation is 4. The van der Waals surface area contributed by atoms with Gasteiger partial charge in [-0.2, -0.15) is 26.3 Å². The summed E-state index contributed by atoms with van der Waals surface area (Å²) >= 11 is 0. The van der Waals surface area contributed by atoms with Crippen LogP contribution in [-0.2, 0) is 49.1 Å². The summed E-state index contributed by atoms with van der Waals surface area (Å²) < 4.78 is 82.5. The van der Waals surface area contributed by atoms with E-state index in [4.69, 9.17) is 10.8 Å². The molecule has 6 N–H and O–H groups in total. The molecule has 0 radical (unpaired) electrons. The van der Waals surface area contributed by atoms with E-state index >= 15 is 0 Å². The van der Waals surface area contributed by atoms with Crippen LogP contribution < -0.4 is 33.5 Å². The molecule has 8 aromatic heterocycles. The molecule has 8 rings (SSSR count). The zero-order valence-corrected chi connectivity index (χ0v) is 35.1. The molecule has 8 heterocycles. The van der Waals surface area contributed by atoms with Crippen LogP contribution in [0.4, 0.5) is 38.0 Å². The number of anilines is 2. The van der Waals surface area contributed by atoms with Crippen molar-refractivity contribution in [3.63, 3.8) is 0 Å². The number of aromatic amines is 2. The van der Waals surface area contributed by atoms with E-state index in [2.05, 4.69) is 45.2 Å². The molecule has 1 amide bonds. The highest BCUT2D eigenvalue weighted by Gasteiger charge is 2.34. The van der Waals surface area contributed by atoms with Crippen molar-refractivity contribution in [1.82, 2.24) is 58.1 Å². The summed E-state index contributed by atoms with van der Waals surface area (Å²) in [4.78, 5) is 97.4. The number of halogens is 6. The second-order valence-electron chi connectivity index (χ2n) is 14.2. The van der Waals surface area contributed by atoms with E-state index in [0.717, 1.165) is 21.3 Å². The van der Waals surface area contributed by atoms with Crippen LogP contribution in [0.25, 0.3) is 44.8 Å². The standard InChI is InChI=1S/C20H16F3N7O3.C12H10F3N3.C8H8N4O4.CH4/c1-10-12(20(21,22)23)6-11(7-24-10)13-4-3-5-14(26-13)27-15(31)8-30-9-25-17-16(30)18(32)28-19(33)29(17)2;1-7-9(12(13,14)15)5-8(6-17-7)10-3-2-4-11(16)18-10;1-11-6-5(7(15)10-8(11)16)12(3-9-6)2-4(13)14;/h3-7,9H,8H2,1-2H3,(H,26,27,31)(H,28,32,33);2-6H,1H3,(H2,16,18);3H,2H2,1H3,(H,13,14)(H,10,15,16);1H4. The van der Waals surface area contributed by atoms with Gasteiger partial charge in [-0.1, -0.05) is 19.6 Å². The molecule has 0 aromatic carbocycles. The van der Waals surface area contributed by atoms with Crippen LogP contribution in [0.3, 0.4) is 0 Å². The van der Waals surface area contributed by atoms with E-state index in [1.54, 1.807) is 18.2 Å². The maximum absolute atomic E-state index is 13.2. The molecule has 21 nitrogen and oxygen atoms in total. The van der Waals surface area contributed by atoms with Gasteiger partial charge >= 0.3 is 29.7 Å². The highest BCUT2D eigenvalue weighted by molar-refractivity contribution is 5.90. The number of carboxylic acids is 1. The number of carboxylic acid groups (broad SMARTS) is 1. The fraction of sp³-hybridized carbons (Fsp3) is 0.220. The number of rotatable bonds is 7. The first-order valence-corrected chi connectivity index (χ1v) is 19.0. The normalized spacial score (nSPS) is 11.3. The third-order valence-electron chi connectivity index (χ3n) is 9.54. The lowest BCUT2D eigenvalue weighted by molar-refractivity contribution is -0.139. The third-order valence-corrected chi connectivity index (χ3v) is 9.54. The van der Waals surface area contributed by atoms with Crippen LogP contribution >= 0.6 is 0 Å². The van der Waals surface area contributed by atoms with Crippen molar-refractivity contribution in [2.24, 2.45) is 14.1 Å². The molecule has 0 atom stereocenters. The predicted octanol–water partition coefficient (Wildman–Crippen LogP) is 4.04. The molecular formula is C41H38F6N14O7.